The summed E-state index contributed by atoms with van der Waals surface area (Å²) in [6.45, 7) is 7.03. The van der Waals surface area contributed by atoms with Gasteiger partial charge in [-0.15, -0.1) is 0 Å². The maximum Gasteiger partial charge on any atom is 0.243 e. The Kier molecular flexibility index (Phi) is 9.46. The molecule has 1 N–H and O–H groups in total. The molecule has 0 saturated carbocycles. The maximum absolute atomic E-state index is 13.8. The van der Waals surface area contributed by atoms with E-state index in [2.05, 4.69) is 33.4 Å². The van der Waals surface area contributed by atoms with Crippen molar-refractivity contribution in [3.05, 3.63) is 105 Å². The number of rotatable bonds is 10. The van der Waals surface area contributed by atoms with E-state index in [0.717, 1.165) is 38.7 Å². The first-order valence-electron chi connectivity index (χ1n) is 11.8. The molecule has 34 heavy (non-hydrogen) atoms. The summed E-state index contributed by atoms with van der Waals surface area (Å²) in [6.07, 6.45) is 1.56. The number of carbonyl (C=O) groups excluding carboxylic acids is 2. The fourth-order valence-electron chi connectivity index (χ4n) is 3.96. The molecule has 0 saturated heterocycles. The van der Waals surface area contributed by atoms with Gasteiger partial charge in [-0.2, -0.15) is 0 Å². The number of halogens is 1. The number of carbonyl (C=O) groups is 2. The van der Waals surface area contributed by atoms with Gasteiger partial charge in [0.05, 0.1) is 6.42 Å². The monoisotopic (exact) mass is 520 g/mol. The van der Waals surface area contributed by atoms with Gasteiger partial charge in [0, 0.05) is 24.0 Å². The lowest BCUT2D eigenvalue weighted by Gasteiger charge is -2.32. The van der Waals surface area contributed by atoms with Gasteiger partial charge in [0.25, 0.3) is 0 Å². The van der Waals surface area contributed by atoms with E-state index in [1.54, 1.807) is 4.90 Å². The number of nitrogens with one attached hydrogen (secondary N) is 1. The minimum Gasteiger partial charge on any atom is -0.354 e. The van der Waals surface area contributed by atoms with Crippen LogP contribution in [0.2, 0.25) is 0 Å². The van der Waals surface area contributed by atoms with E-state index in [1.807, 2.05) is 81.4 Å². The lowest BCUT2D eigenvalue weighted by Crippen LogP contribution is -2.51. The predicted molar refractivity (Wildman–Crippen MR) is 142 cm³/mol. The topological polar surface area (TPSA) is 49.4 Å². The summed E-state index contributed by atoms with van der Waals surface area (Å²) < 4.78 is 0.978. The van der Waals surface area contributed by atoms with E-state index in [0.29, 0.717) is 19.5 Å². The summed E-state index contributed by atoms with van der Waals surface area (Å²) in [4.78, 5) is 28.9. The Morgan fingerprint density at radius 3 is 2.32 bits per heavy atom. The normalized spacial score (nSPS) is 11.6. The van der Waals surface area contributed by atoms with Gasteiger partial charge >= 0.3 is 0 Å². The Balaban J connectivity index is 1.97. The third-order valence-electron chi connectivity index (χ3n) is 5.93. The zero-order valence-corrected chi connectivity index (χ0v) is 21.8. The van der Waals surface area contributed by atoms with Crippen LogP contribution in [-0.2, 0) is 29.0 Å². The second-order valence-electron chi connectivity index (χ2n) is 8.75. The van der Waals surface area contributed by atoms with Crippen LogP contribution < -0.4 is 5.32 Å². The predicted octanol–water partition coefficient (Wildman–Crippen LogP) is 5.77. The average Bonchev–Trinajstić information content (AvgIpc) is 2.83. The van der Waals surface area contributed by atoms with Gasteiger partial charge in [-0.25, -0.2) is 0 Å². The summed E-state index contributed by atoms with van der Waals surface area (Å²) >= 11 is 3.48. The van der Waals surface area contributed by atoms with Gasteiger partial charge in [0.2, 0.25) is 11.8 Å². The van der Waals surface area contributed by atoms with Crippen molar-refractivity contribution in [3.63, 3.8) is 0 Å². The van der Waals surface area contributed by atoms with Crippen molar-refractivity contribution in [1.82, 2.24) is 10.2 Å². The fraction of sp³-hybridized carbons (Fsp3) is 0.310. The highest BCUT2D eigenvalue weighted by Gasteiger charge is 2.30. The molecule has 0 aromatic heterocycles. The van der Waals surface area contributed by atoms with Crippen molar-refractivity contribution >= 4 is 27.7 Å². The molecule has 3 aromatic rings. The fourth-order valence-corrected chi connectivity index (χ4v) is 4.23. The summed E-state index contributed by atoms with van der Waals surface area (Å²) in [5.41, 5.74) is 5.21. The number of aryl methyl sites for hydroxylation is 2. The first kappa shape index (κ1) is 25.7. The number of hydrogen-bond donors (Lipinski definition) is 1. The third kappa shape index (κ3) is 7.29. The number of benzene rings is 3. The summed E-state index contributed by atoms with van der Waals surface area (Å²) in [6, 6.07) is 23.4. The number of nitrogens with zero attached hydrogens (tertiary/aromatic N) is 1. The van der Waals surface area contributed by atoms with Gasteiger partial charge in [-0.05, 0) is 54.7 Å². The molecule has 0 radical (unpaired) electrons. The highest BCUT2D eigenvalue weighted by Crippen LogP contribution is 2.20. The zero-order valence-electron chi connectivity index (χ0n) is 20.2. The molecule has 0 bridgehead atoms. The standard InChI is InChI=1S/C29H33BrN2O2/c1-4-16-31-29(34)27(18-23-8-6-5-7-9-23)32(20-24-12-14-26(30)15-13-24)28(33)19-25-17-21(2)10-11-22(25)3/h5-15,17,27H,4,16,18-20H2,1-3H3,(H,31,34)/t27-/m0/s1. The van der Waals surface area contributed by atoms with Crippen LogP contribution in [0.25, 0.3) is 0 Å². The minimum atomic E-state index is -0.602. The molecule has 2 amide bonds. The van der Waals surface area contributed by atoms with Crippen molar-refractivity contribution in [3.8, 4) is 0 Å². The smallest absolute Gasteiger partial charge is 0.243 e. The first-order valence-corrected chi connectivity index (χ1v) is 12.6. The van der Waals surface area contributed by atoms with Crippen LogP contribution in [0.15, 0.2) is 77.3 Å². The van der Waals surface area contributed by atoms with E-state index < -0.39 is 6.04 Å². The van der Waals surface area contributed by atoms with Crippen LogP contribution in [0.4, 0.5) is 0 Å². The Labute approximate surface area is 211 Å². The molecule has 4 nitrogen and oxygen atoms in total. The van der Waals surface area contributed by atoms with Crippen molar-refractivity contribution in [2.45, 2.75) is 52.6 Å². The van der Waals surface area contributed by atoms with Gasteiger partial charge in [-0.3, -0.25) is 9.59 Å². The molecule has 0 heterocycles. The molecule has 3 aromatic carbocycles. The summed E-state index contributed by atoms with van der Waals surface area (Å²) in [5.74, 6) is -0.165. The molecule has 0 fully saturated rings. The van der Waals surface area contributed by atoms with E-state index in [9.17, 15) is 9.59 Å². The van der Waals surface area contributed by atoms with Crippen molar-refractivity contribution in [2.24, 2.45) is 0 Å². The Morgan fingerprint density at radius 2 is 1.65 bits per heavy atom. The van der Waals surface area contributed by atoms with Gasteiger partial charge in [0.1, 0.15) is 6.04 Å². The van der Waals surface area contributed by atoms with E-state index in [4.69, 9.17) is 0 Å². The molecule has 0 spiro atoms. The largest absolute Gasteiger partial charge is 0.354 e. The highest BCUT2D eigenvalue weighted by atomic mass is 79.9. The second kappa shape index (κ2) is 12.5. The molecule has 0 aliphatic rings. The highest BCUT2D eigenvalue weighted by molar-refractivity contribution is 9.10. The SMILES string of the molecule is CCCNC(=O)[C@H](Cc1ccccc1)N(Cc1ccc(Br)cc1)C(=O)Cc1cc(C)ccc1C. The van der Waals surface area contributed by atoms with Gasteiger partial charge in [-0.1, -0.05) is 89.1 Å². The van der Waals surface area contributed by atoms with Crippen LogP contribution in [0, 0.1) is 13.8 Å². The average molecular weight is 521 g/mol. The van der Waals surface area contributed by atoms with Gasteiger partial charge < -0.3 is 10.2 Å². The second-order valence-corrected chi connectivity index (χ2v) is 9.67. The molecule has 5 heteroatoms. The van der Waals surface area contributed by atoms with Crippen LogP contribution in [-0.4, -0.2) is 29.3 Å². The molecule has 178 valence electrons. The van der Waals surface area contributed by atoms with E-state index in [1.165, 1.54) is 0 Å². The quantitative estimate of drug-likeness (QED) is 0.368. The lowest BCUT2D eigenvalue weighted by molar-refractivity contribution is -0.140. The number of amides is 2. The van der Waals surface area contributed by atoms with Crippen molar-refractivity contribution in [1.29, 1.82) is 0 Å². The molecular weight excluding hydrogens is 488 g/mol. The molecular formula is C29H33BrN2O2. The first-order chi connectivity index (χ1) is 16.4. The van der Waals surface area contributed by atoms with Crippen molar-refractivity contribution in [2.75, 3.05) is 6.54 Å². The Bertz CT molecular complexity index is 1100. The molecule has 1 atom stereocenters. The van der Waals surface area contributed by atoms with E-state index >= 15 is 0 Å². The maximum atomic E-state index is 13.8. The minimum absolute atomic E-state index is 0.0517. The molecule has 0 aliphatic heterocycles. The van der Waals surface area contributed by atoms with Crippen LogP contribution in [0.3, 0.4) is 0 Å². The van der Waals surface area contributed by atoms with Crippen LogP contribution in [0.1, 0.15) is 41.2 Å². The van der Waals surface area contributed by atoms with Gasteiger partial charge in [0.15, 0.2) is 0 Å². The summed E-state index contributed by atoms with van der Waals surface area (Å²) in [5, 5.41) is 3.03. The van der Waals surface area contributed by atoms with E-state index in [-0.39, 0.29) is 18.2 Å². The molecule has 0 aliphatic carbocycles. The van der Waals surface area contributed by atoms with Crippen molar-refractivity contribution < 1.29 is 9.59 Å². The Hall–Kier alpha value is -2.92. The lowest BCUT2D eigenvalue weighted by atomic mass is 9.99. The zero-order chi connectivity index (χ0) is 24.5. The van der Waals surface area contributed by atoms with Crippen LogP contribution in [0.5, 0.6) is 0 Å². The third-order valence-corrected chi connectivity index (χ3v) is 6.46. The number of hydrogen-bond acceptors (Lipinski definition) is 2. The van der Waals surface area contributed by atoms with Crippen LogP contribution >= 0.6 is 15.9 Å². The molecule has 0 unspecified atom stereocenters. The summed E-state index contributed by atoms with van der Waals surface area (Å²) in [7, 11) is 0. The molecule has 3 rings (SSSR count). The Morgan fingerprint density at radius 1 is 0.941 bits per heavy atom.